The van der Waals surface area contributed by atoms with Gasteiger partial charge in [-0.2, -0.15) is 4.39 Å². The third-order valence-corrected chi connectivity index (χ3v) is 21.7. The molecule has 8 N–H and O–H groups in total. The number of halogens is 6. The third kappa shape index (κ3) is 22.6. The van der Waals surface area contributed by atoms with E-state index in [4.69, 9.17) is 0 Å². The normalized spacial score (nSPS) is 10.7. The van der Waals surface area contributed by atoms with Crippen LogP contribution in [-0.2, 0) is 0 Å². The molecule has 18 aromatic rings. The van der Waals surface area contributed by atoms with Gasteiger partial charge in [0.2, 0.25) is 5.95 Å². The summed E-state index contributed by atoms with van der Waals surface area (Å²) in [4.78, 5) is 116. The van der Waals surface area contributed by atoms with Crippen LogP contribution in [0.25, 0.3) is 61.3 Å². The average molecular weight is 1730 g/mol. The van der Waals surface area contributed by atoms with E-state index in [1.807, 2.05) is 100 Å². The van der Waals surface area contributed by atoms with Gasteiger partial charge in [0.05, 0.1) is 73.7 Å². The van der Waals surface area contributed by atoms with Crippen LogP contribution in [0.2, 0.25) is 0 Å². The number of phenols is 2. The highest BCUT2D eigenvalue weighted by Crippen LogP contribution is 2.34. The highest BCUT2D eigenvalue weighted by atomic mass is 32.1. The van der Waals surface area contributed by atoms with Crippen molar-refractivity contribution in [2.75, 3.05) is 31.9 Å². The molecule has 0 atom stereocenters. The van der Waals surface area contributed by atoms with Gasteiger partial charge in [-0.3, -0.25) is 70.6 Å². The molecule has 0 aliphatic rings. The van der Waals surface area contributed by atoms with E-state index < -0.39 is 58.8 Å². The summed E-state index contributed by atoms with van der Waals surface area (Å²) in [5.74, 6) is -5.42. The molecule has 11 aromatic heterocycles. The quantitative estimate of drug-likeness (QED) is 0.0416. The molecular weight excluding hydrogens is 1670 g/mol. The summed E-state index contributed by atoms with van der Waals surface area (Å²) < 4.78 is 82.8. The molecule has 600 valence electrons. The van der Waals surface area contributed by atoms with Gasteiger partial charge in [-0.1, -0.05) is 98.4 Å². The predicted molar refractivity (Wildman–Crippen MR) is 455 cm³/mol. The second-order valence-electron chi connectivity index (χ2n) is 25.3. The van der Waals surface area contributed by atoms with Gasteiger partial charge >= 0.3 is 0 Å². The Bertz CT molecular complexity index is 6210. The maximum absolute atomic E-state index is 13.0. The lowest BCUT2D eigenvalue weighted by atomic mass is 10.2. The fourth-order valence-corrected chi connectivity index (χ4v) is 16.1. The van der Waals surface area contributed by atoms with Gasteiger partial charge < -0.3 is 10.2 Å². The van der Waals surface area contributed by atoms with E-state index >= 15 is 0 Å². The maximum atomic E-state index is 13.0. The van der Waals surface area contributed by atoms with Crippen LogP contribution in [0.4, 0.5) is 57.1 Å². The number of fused-ring (bicyclic) bond motifs is 6. The zero-order valence-corrected chi connectivity index (χ0v) is 67.2. The van der Waals surface area contributed by atoms with E-state index in [1.165, 1.54) is 159 Å². The first-order valence-corrected chi connectivity index (χ1v) is 40.0. The summed E-state index contributed by atoms with van der Waals surface area (Å²) in [5, 5.41) is 37.3. The van der Waals surface area contributed by atoms with Crippen LogP contribution >= 0.6 is 68.0 Å². The van der Waals surface area contributed by atoms with Gasteiger partial charge in [-0.25, -0.2) is 66.8 Å². The molecule has 0 spiro atoms. The minimum Gasteiger partial charge on any atom is -0.508 e. The number of rotatable bonds is 12. The smallest absolute Gasteiger partial charge is 0.276 e. The number of carbonyl (C=O) groups is 6. The van der Waals surface area contributed by atoms with Crippen LogP contribution in [0, 0.1) is 62.7 Å². The van der Waals surface area contributed by atoms with Crippen LogP contribution in [0.3, 0.4) is 0 Å². The SMILES string of the molecule is Cc1ccc2nc(NC(=O)c3cc([19F])ccn3)sc2c1.Cc1ccc2nc(NC(=O)c3ccc([19F])cc3)sc2c1.Cc1ccc2nc(NC(=O)c3ccc([19F])cn3)sc2c1.Cc1ccc2nc(NC(=O)c3cccc([19F])n3)sc2c1.O=C(Nc1nc2ccc(O)cc2s1)c1cc([19F])ccn1.O=C(Nc1nc2ccc(O)cc2s1)c1ccc([19F])cn1. The van der Waals surface area contributed by atoms with Crippen molar-refractivity contribution in [1.82, 2.24) is 54.8 Å². The Hall–Kier alpha value is -14.4. The molecule has 7 aromatic carbocycles. The number of nitrogens with one attached hydrogen (secondary N) is 6. The van der Waals surface area contributed by atoms with Crippen LogP contribution < -0.4 is 31.9 Å². The van der Waals surface area contributed by atoms with E-state index in [2.05, 4.69) is 86.7 Å². The van der Waals surface area contributed by atoms with Gasteiger partial charge in [0.1, 0.15) is 69.1 Å². The van der Waals surface area contributed by atoms with Crippen molar-refractivity contribution in [2.24, 2.45) is 0 Å². The molecular formula is C83H57F6N17O8S6. The maximum Gasteiger partial charge on any atom is 0.276 e. The second-order valence-corrected chi connectivity index (χ2v) is 31.5. The molecule has 0 aliphatic carbocycles. The van der Waals surface area contributed by atoms with Gasteiger partial charge in [0.25, 0.3) is 35.4 Å². The number of carbonyl (C=O) groups excluding carboxylic acids is 6. The number of aryl methyl sites for hydroxylation is 4. The molecule has 25 nitrogen and oxygen atoms in total. The molecule has 0 saturated heterocycles. The molecule has 0 fully saturated rings. The Morgan fingerprint density at radius 3 is 0.892 bits per heavy atom. The molecule has 37 heteroatoms. The van der Waals surface area contributed by atoms with Crippen molar-refractivity contribution in [2.45, 2.75) is 27.7 Å². The average Bonchev–Trinajstić information content (AvgIpc) is 1.69. The molecule has 0 saturated carbocycles. The van der Waals surface area contributed by atoms with Crippen molar-refractivity contribution in [3.8, 4) is 11.5 Å². The van der Waals surface area contributed by atoms with Crippen LogP contribution in [0.5, 0.6) is 11.5 Å². The summed E-state index contributed by atoms with van der Waals surface area (Å²) in [6.45, 7) is 8.00. The number of hydrogen-bond donors (Lipinski definition) is 8. The molecule has 120 heavy (non-hydrogen) atoms. The van der Waals surface area contributed by atoms with Crippen molar-refractivity contribution in [3.63, 3.8) is 0 Å². The molecule has 0 radical (unpaired) electrons. The van der Waals surface area contributed by atoms with Crippen molar-refractivity contribution in [3.05, 3.63) is 316 Å². The van der Waals surface area contributed by atoms with Crippen LogP contribution in [0.15, 0.2) is 225 Å². The first-order chi connectivity index (χ1) is 57.7. The van der Waals surface area contributed by atoms with Gasteiger partial charge in [0.15, 0.2) is 30.8 Å². The lowest BCUT2D eigenvalue weighted by Crippen LogP contribution is -2.13. The summed E-state index contributed by atoms with van der Waals surface area (Å²) in [7, 11) is 0. The minimum absolute atomic E-state index is 0.0212. The summed E-state index contributed by atoms with van der Waals surface area (Å²) in [6, 6.07) is 52.0. The first-order valence-electron chi connectivity index (χ1n) is 35.1. The lowest BCUT2D eigenvalue weighted by molar-refractivity contribution is 0.101. The molecule has 0 unspecified atom stereocenters. The van der Waals surface area contributed by atoms with E-state index in [9.17, 15) is 65.3 Å². The number of phenolic OH excluding ortho intramolecular Hbond substituents is 2. The van der Waals surface area contributed by atoms with Gasteiger partial charge in [-0.05, 0) is 208 Å². The highest BCUT2D eigenvalue weighted by molar-refractivity contribution is 7.24. The number of benzene rings is 7. The third-order valence-electron chi connectivity index (χ3n) is 16.1. The van der Waals surface area contributed by atoms with Crippen LogP contribution in [0.1, 0.15) is 85.1 Å². The topological polar surface area (TPSA) is 357 Å². The molecule has 0 bridgehead atoms. The van der Waals surface area contributed by atoms with E-state index in [0.29, 0.717) is 47.4 Å². The molecule has 0 aliphatic heterocycles. The number of amides is 6. The molecule has 11 heterocycles. The standard InChI is InChI=1S/C15H11FN2OS.3C14H10FN3OS.2C13H8FN3O2S/c1-9-2-7-12-13(8-9)20-15(17-12)18-14(19)10-3-5-11(16)6-4-10;1-8-2-4-10-12(6-8)20-14(17-10)18-13(19)11-5-3-9(15)7-16-11;1-8-2-3-10-12(6-8)20-14(17-10)18-13(19)11-7-9(15)4-5-16-11;1-8-5-6-9-11(7-8)20-14(17-9)18-13(19)10-3-2-4-12(15)16-10;14-7-1-3-10(15-6-7)12(19)17-13-16-9-4-2-8(18)5-11(9)20-13;14-7-3-4-15-10(5-7)12(19)17-13-16-9-2-1-8(18)6-11(9)20-13/h2-8H,1H3,(H,17,18,19);3*2-7H,1H3,(H,17,18,19);2*1-6,18H,(H,16,17,19)/i16+0;3*15+0;2*14+0. The number of pyridine rings is 5. The zero-order chi connectivity index (χ0) is 84.7. The Morgan fingerprint density at radius 1 is 0.275 bits per heavy atom. The largest absolute Gasteiger partial charge is 0.508 e. The van der Waals surface area contributed by atoms with E-state index in [-0.39, 0.29) is 51.7 Å². The van der Waals surface area contributed by atoms with E-state index in [0.717, 1.165) is 109 Å². The molecule has 18 rings (SSSR count). The Morgan fingerprint density at radius 2 is 0.575 bits per heavy atom. The van der Waals surface area contributed by atoms with Crippen molar-refractivity contribution >= 4 is 196 Å². The minimum atomic E-state index is -0.683. The summed E-state index contributed by atoms with van der Waals surface area (Å²) in [5.41, 5.74) is 9.92. The number of thiazole rings is 6. The van der Waals surface area contributed by atoms with Crippen LogP contribution in [-0.4, -0.2) is 100 Å². The Labute approximate surface area is 698 Å². The Kier molecular flexibility index (Phi) is 26.6. The molecule has 6 amide bonds. The van der Waals surface area contributed by atoms with Gasteiger partial charge in [0, 0.05) is 30.1 Å². The summed E-state index contributed by atoms with van der Waals surface area (Å²) >= 11 is 8.01. The number of nitrogens with zero attached hydrogens (tertiary/aromatic N) is 11. The summed E-state index contributed by atoms with van der Waals surface area (Å²) in [6.07, 6.45) is 4.47. The van der Waals surface area contributed by atoms with Crippen molar-refractivity contribution in [1.29, 1.82) is 0 Å². The highest BCUT2D eigenvalue weighted by Gasteiger charge is 2.19. The Balaban J connectivity index is 0.000000124. The number of aromatic nitrogens is 11. The number of aromatic hydroxyl groups is 2. The lowest BCUT2D eigenvalue weighted by Gasteiger charge is -2.00. The number of hydrogen-bond acceptors (Lipinski definition) is 25. The number of anilines is 6. The first kappa shape index (κ1) is 83.6. The predicted octanol–water partition coefficient (Wildman–Crippen LogP) is 19.7. The van der Waals surface area contributed by atoms with Gasteiger partial charge in [-0.15, -0.1) is 0 Å². The second kappa shape index (κ2) is 38.1. The van der Waals surface area contributed by atoms with Crippen molar-refractivity contribution < 1.29 is 65.3 Å². The fourth-order valence-electron chi connectivity index (χ4n) is 10.5. The van der Waals surface area contributed by atoms with E-state index in [1.54, 1.807) is 24.3 Å². The zero-order valence-electron chi connectivity index (χ0n) is 62.3. The fraction of sp³-hybridized carbons (Fsp3) is 0.0482. The monoisotopic (exact) mass is 1730 g/mol.